The van der Waals surface area contributed by atoms with Crippen molar-refractivity contribution in [1.82, 2.24) is 15.0 Å². The van der Waals surface area contributed by atoms with E-state index in [-0.39, 0.29) is 133 Å². The number of rotatable bonds is 7. The van der Waals surface area contributed by atoms with Crippen LogP contribution in [0.1, 0.15) is 42.9 Å². The number of hydrogen-bond donors (Lipinski definition) is 1. The Kier molecular flexibility index (Phi) is 23.8. The molecule has 0 fully saturated rings. The van der Waals surface area contributed by atoms with E-state index in [1.807, 2.05) is 0 Å². The summed E-state index contributed by atoms with van der Waals surface area (Å²) in [5.74, 6) is -1.59. The molecule has 0 amide bonds. The molecule has 0 aliphatic rings. The fourth-order valence-corrected chi connectivity index (χ4v) is 4.07. The number of nitrogens with zero attached hydrogens (tertiary/aromatic N) is 5. The van der Waals surface area contributed by atoms with E-state index in [1.165, 1.54) is 41.3 Å². The summed E-state index contributed by atoms with van der Waals surface area (Å²) in [4.78, 5) is 45.0. The molecule has 3 heterocycles. The van der Waals surface area contributed by atoms with Gasteiger partial charge in [-0.25, -0.2) is 19.4 Å². The first-order valence-electron chi connectivity index (χ1n) is 9.05. The first-order chi connectivity index (χ1) is 15.7. The zero-order chi connectivity index (χ0) is 24.8. The minimum absolute atomic E-state index is 0. The summed E-state index contributed by atoms with van der Waals surface area (Å²) in [6, 6.07) is 0. The number of aromatic nitrogens is 3. The van der Waals surface area contributed by atoms with Crippen molar-refractivity contribution in [3.63, 3.8) is 0 Å². The molecule has 3 aromatic rings. The molecule has 0 radical (unpaired) electrons. The molecule has 0 spiro atoms. The van der Waals surface area contributed by atoms with Gasteiger partial charge in [0.1, 0.15) is 14.6 Å². The molecule has 0 aromatic carbocycles. The SMILES string of the molecule is CCOC(=O)c1cnc(Br)s1.CCOC(=O)c1cnc([N-]C)s1.C[N-]c1ncc(C(=O)O)s1.[Rb+].[Rb+]. The summed E-state index contributed by atoms with van der Waals surface area (Å²) in [7, 11) is 3.21. The van der Waals surface area contributed by atoms with Crippen LogP contribution in [0.5, 0.6) is 0 Å². The van der Waals surface area contributed by atoms with Crippen molar-refractivity contribution in [3.8, 4) is 0 Å². The van der Waals surface area contributed by atoms with E-state index in [0.29, 0.717) is 37.1 Å². The second-order valence-electron chi connectivity index (χ2n) is 5.18. The fraction of sp³-hybridized carbons (Fsp3) is 0.333. The van der Waals surface area contributed by atoms with E-state index in [4.69, 9.17) is 14.6 Å². The second-order valence-corrected chi connectivity index (χ2v) is 9.51. The van der Waals surface area contributed by atoms with Gasteiger partial charge in [0.15, 0.2) is 3.92 Å². The van der Waals surface area contributed by atoms with Crippen LogP contribution in [0.4, 0.5) is 10.3 Å². The first-order valence-corrected chi connectivity index (χ1v) is 12.3. The Morgan fingerprint density at radius 2 is 1.23 bits per heavy atom. The molecule has 3 rings (SSSR count). The third-order valence-corrected chi connectivity index (χ3v) is 6.40. The van der Waals surface area contributed by atoms with E-state index in [2.05, 4.69) is 41.5 Å². The first kappa shape index (κ1) is 38.1. The zero-order valence-electron chi connectivity index (χ0n) is 20.0. The van der Waals surface area contributed by atoms with Crippen LogP contribution in [0.15, 0.2) is 22.5 Å². The third-order valence-electron chi connectivity index (χ3n) is 3.01. The Balaban J connectivity index is 0. The number of carboxylic acids is 1. The van der Waals surface area contributed by atoms with Gasteiger partial charge >= 0.3 is 134 Å². The molecule has 0 unspecified atom stereocenters. The van der Waals surface area contributed by atoms with Gasteiger partial charge in [0, 0.05) is 0 Å². The molecule has 17 heteroatoms. The van der Waals surface area contributed by atoms with E-state index >= 15 is 0 Å². The molecule has 0 aliphatic carbocycles. The minimum Gasteiger partial charge on any atom is -0.477 e. The van der Waals surface area contributed by atoms with Crippen molar-refractivity contribution in [2.45, 2.75) is 13.8 Å². The number of esters is 2. The Morgan fingerprint density at radius 1 is 0.829 bits per heavy atom. The van der Waals surface area contributed by atoms with E-state index in [1.54, 1.807) is 27.9 Å². The average Bonchev–Trinajstić information content (AvgIpc) is 3.55. The van der Waals surface area contributed by atoms with Crippen LogP contribution in [-0.4, -0.2) is 65.3 Å². The molecule has 180 valence electrons. The topological polar surface area (TPSA) is 157 Å². The van der Waals surface area contributed by atoms with Crippen molar-refractivity contribution in [1.29, 1.82) is 0 Å². The summed E-state index contributed by atoms with van der Waals surface area (Å²) in [5.41, 5.74) is 0. The van der Waals surface area contributed by atoms with Crippen LogP contribution in [0.2, 0.25) is 0 Å². The van der Waals surface area contributed by atoms with Crippen LogP contribution >= 0.6 is 49.9 Å². The number of aromatic carboxylic acids is 1. The molecule has 35 heavy (non-hydrogen) atoms. The van der Waals surface area contributed by atoms with E-state index in [0.717, 1.165) is 11.3 Å². The van der Waals surface area contributed by atoms with Gasteiger partial charge in [-0.3, -0.25) is 0 Å². The predicted molar refractivity (Wildman–Crippen MR) is 131 cm³/mol. The molecule has 0 bridgehead atoms. The summed E-state index contributed by atoms with van der Waals surface area (Å²) in [5, 5.41) is 17.1. The van der Waals surface area contributed by atoms with Gasteiger partial charge in [-0.2, -0.15) is 0 Å². The van der Waals surface area contributed by atoms with Gasteiger partial charge in [0.05, 0.1) is 19.4 Å². The molecular formula is C18H20BrN5O6Rb2S3. The molecule has 3 aromatic heterocycles. The van der Waals surface area contributed by atoms with Gasteiger partial charge in [0.25, 0.3) is 0 Å². The Labute approximate surface area is 320 Å². The molecular weight excluding hydrogens is 729 g/mol. The summed E-state index contributed by atoms with van der Waals surface area (Å²) < 4.78 is 10.2. The number of carbonyl (C=O) groups excluding carboxylic acids is 2. The summed E-state index contributed by atoms with van der Waals surface area (Å²) in [6.45, 7) is 4.32. The maximum atomic E-state index is 11.1. The quantitative estimate of drug-likeness (QED) is 0.316. The molecule has 0 saturated carbocycles. The van der Waals surface area contributed by atoms with Gasteiger partial charge < -0.3 is 35.2 Å². The van der Waals surface area contributed by atoms with Crippen molar-refractivity contribution < 1.29 is 145 Å². The predicted octanol–water partition coefficient (Wildman–Crippen LogP) is -0.479. The average molecular weight is 749 g/mol. The molecule has 11 nitrogen and oxygen atoms in total. The van der Waals surface area contributed by atoms with Crippen LogP contribution in [0, 0.1) is 0 Å². The number of carboxylic acid groups (broad SMARTS) is 1. The normalized spacial score (nSPS) is 8.94. The number of halogens is 1. The molecule has 0 atom stereocenters. The molecule has 1 N–H and O–H groups in total. The number of hydrogen-bond acceptors (Lipinski definition) is 11. The van der Waals surface area contributed by atoms with Crippen LogP contribution < -0.4 is 116 Å². The number of thiazole rings is 3. The minimum atomic E-state index is -0.951. The van der Waals surface area contributed by atoms with Crippen LogP contribution in [0.25, 0.3) is 10.6 Å². The van der Waals surface area contributed by atoms with E-state index < -0.39 is 5.97 Å². The largest absolute Gasteiger partial charge is 1.00 e. The van der Waals surface area contributed by atoms with Crippen LogP contribution in [-0.2, 0) is 9.47 Å². The van der Waals surface area contributed by atoms with Gasteiger partial charge in [-0.15, -0.1) is 34.0 Å². The second kappa shape index (κ2) is 21.9. The zero-order valence-corrected chi connectivity index (χ0v) is 33.8. The van der Waals surface area contributed by atoms with Gasteiger partial charge in [-0.1, -0.05) is 26.5 Å². The smallest absolute Gasteiger partial charge is 0.477 e. The van der Waals surface area contributed by atoms with Crippen molar-refractivity contribution in [2.75, 3.05) is 27.3 Å². The Bertz CT molecular complexity index is 1050. The summed E-state index contributed by atoms with van der Waals surface area (Å²) in [6.07, 6.45) is 4.27. The molecule has 0 saturated heterocycles. The van der Waals surface area contributed by atoms with Gasteiger partial charge in [-0.05, 0) is 40.0 Å². The Hall–Kier alpha value is 0.990. The summed E-state index contributed by atoms with van der Waals surface area (Å²) >= 11 is 6.71. The monoisotopic (exact) mass is 747 g/mol. The number of ether oxygens (including phenoxy) is 2. The maximum absolute atomic E-state index is 11.1. The number of carbonyl (C=O) groups is 3. The Morgan fingerprint density at radius 3 is 1.54 bits per heavy atom. The van der Waals surface area contributed by atoms with Crippen molar-refractivity contribution in [2.24, 2.45) is 0 Å². The maximum Gasteiger partial charge on any atom is 1.00 e. The third kappa shape index (κ3) is 15.2. The van der Waals surface area contributed by atoms with E-state index in [9.17, 15) is 14.4 Å². The molecule has 0 aliphatic heterocycles. The van der Waals surface area contributed by atoms with Crippen molar-refractivity contribution >= 4 is 78.1 Å². The fourth-order valence-electron chi connectivity index (χ4n) is 1.68. The standard InChI is InChI=1S/C7H10N2O2S.C6H6BrNO2S.C5H6N2O2S.2Rb/c1-3-11-6(10)5-4-9-7(8-2)12-5;1-2-10-5(9)4-3-8-6(7)11-4;1-6-5-7-2-3(10-5)4(8)9;;/h4H,3H2,1-2H3,(H,8,9,10);3H,2H2,1H3;2H,1H3,(H2,6,7,8,9);;/q;;;2*+1/p-2. The van der Waals surface area contributed by atoms with Crippen molar-refractivity contribution in [3.05, 3.63) is 47.8 Å². The van der Waals surface area contributed by atoms with Crippen LogP contribution in [0.3, 0.4) is 0 Å². The van der Waals surface area contributed by atoms with Gasteiger partial charge in [0.2, 0.25) is 0 Å².